The van der Waals surface area contributed by atoms with Gasteiger partial charge in [-0.2, -0.15) is 0 Å². The molecule has 3 amide bonds. The van der Waals surface area contributed by atoms with Crippen molar-refractivity contribution in [2.24, 2.45) is 5.41 Å². The zero-order chi connectivity index (χ0) is 30.5. The highest BCUT2D eigenvalue weighted by atomic mass is 19.1. The average molecular weight is 602 g/mol. The summed E-state index contributed by atoms with van der Waals surface area (Å²) in [5.74, 6) is -1.66. The maximum Gasteiger partial charge on any atom is 0.244 e. The Labute approximate surface area is 253 Å². The van der Waals surface area contributed by atoms with Gasteiger partial charge >= 0.3 is 0 Å². The highest BCUT2D eigenvalue weighted by Gasteiger charge is 2.51. The Bertz CT molecular complexity index is 1640. The normalized spacial score (nSPS) is 24.0. The van der Waals surface area contributed by atoms with Crippen molar-refractivity contribution in [3.05, 3.63) is 88.6 Å². The number of nitrogens with one attached hydrogen (secondary N) is 3. The number of anilines is 2. The molecule has 2 fully saturated rings. The molecular weight excluding hydrogens is 568 g/mol. The van der Waals surface area contributed by atoms with E-state index in [0.717, 1.165) is 22.8 Å². The van der Waals surface area contributed by atoms with Gasteiger partial charge < -0.3 is 25.6 Å². The number of halogens is 2. The highest BCUT2D eigenvalue weighted by Crippen LogP contribution is 2.47. The molecular formula is C33H33F2N5O4. The summed E-state index contributed by atoms with van der Waals surface area (Å²) in [4.78, 5) is 46.2. The molecule has 2 aromatic carbocycles. The van der Waals surface area contributed by atoms with E-state index in [1.54, 1.807) is 12.3 Å². The first-order valence-electron chi connectivity index (χ1n) is 15.0. The predicted molar refractivity (Wildman–Crippen MR) is 158 cm³/mol. The fraction of sp³-hybridized carbons (Fsp3) is 0.394. The largest absolute Gasteiger partial charge is 0.381 e. The van der Waals surface area contributed by atoms with Crippen LogP contribution in [0.2, 0.25) is 0 Å². The molecule has 2 spiro atoms. The maximum atomic E-state index is 14.3. The Morgan fingerprint density at radius 2 is 1.80 bits per heavy atom. The molecule has 3 aliphatic heterocycles. The standard InChI is InChI=1S/C33H33F2N5O4/c34-23-10-21(11-24(35)13-23)27-17-36-19-32(5-8-44-9-6-32)16-29(42)40(27)18-28(41)38-25-4-3-20-14-33(15-22(20)12-25)26-2-1-7-37-30(26)39-31(33)43/h1-4,7,10-13,27,36H,5-6,8-9,14-19H2,(H,38,41)(H,37,39,43). The van der Waals surface area contributed by atoms with E-state index in [-0.39, 0.29) is 42.3 Å². The monoisotopic (exact) mass is 601 g/mol. The van der Waals surface area contributed by atoms with Crippen LogP contribution >= 0.6 is 0 Å². The summed E-state index contributed by atoms with van der Waals surface area (Å²) in [5.41, 5.74) is 2.64. The Kier molecular flexibility index (Phi) is 7.17. The Balaban J connectivity index is 1.12. The topological polar surface area (TPSA) is 113 Å². The third-order valence-corrected chi connectivity index (χ3v) is 9.66. The van der Waals surface area contributed by atoms with E-state index in [1.165, 1.54) is 17.0 Å². The van der Waals surface area contributed by atoms with Crippen molar-refractivity contribution in [1.29, 1.82) is 0 Å². The first kappa shape index (κ1) is 28.5. The minimum absolute atomic E-state index is 0.0840. The van der Waals surface area contributed by atoms with Gasteiger partial charge in [0.25, 0.3) is 0 Å². The lowest BCUT2D eigenvalue weighted by atomic mass is 9.76. The molecule has 0 radical (unpaired) electrons. The SMILES string of the molecule is O=C(CN1C(=O)CC2(CCOCC2)CNCC1c1cc(F)cc(F)c1)Nc1ccc2c(c1)CC1(C2)C(=O)Nc2ncccc21. The molecule has 7 rings (SSSR count). The van der Waals surface area contributed by atoms with Gasteiger partial charge in [-0.3, -0.25) is 14.4 Å². The van der Waals surface area contributed by atoms with Crippen molar-refractivity contribution in [2.45, 2.75) is 43.6 Å². The molecule has 9 nitrogen and oxygen atoms in total. The fourth-order valence-corrected chi connectivity index (χ4v) is 7.36. The lowest BCUT2D eigenvalue weighted by Crippen LogP contribution is -2.52. The molecule has 2 atom stereocenters. The van der Waals surface area contributed by atoms with Gasteiger partial charge in [0.2, 0.25) is 17.7 Å². The van der Waals surface area contributed by atoms with Crippen LogP contribution < -0.4 is 16.0 Å². The zero-order valence-corrected chi connectivity index (χ0v) is 24.1. The Morgan fingerprint density at radius 1 is 1.02 bits per heavy atom. The first-order valence-corrected chi connectivity index (χ1v) is 15.0. The molecule has 1 aromatic heterocycles. The molecule has 228 valence electrons. The van der Waals surface area contributed by atoms with E-state index >= 15 is 0 Å². The minimum atomic E-state index is -0.745. The van der Waals surface area contributed by atoms with Crippen LogP contribution in [0.15, 0.2) is 54.7 Å². The number of fused-ring (bicyclic) bond motifs is 3. The van der Waals surface area contributed by atoms with Crippen molar-refractivity contribution < 1.29 is 27.9 Å². The quantitative estimate of drug-likeness (QED) is 0.421. The second kappa shape index (κ2) is 11.0. The van der Waals surface area contributed by atoms with Gasteiger partial charge in [-0.15, -0.1) is 0 Å². The van der Waals surface area contributed by atoms with E-state index in [2.05, 4.69) is 20.9 Å². The number of pyridine rings is 1. The molecule has 3 N–H and O–H groups in total. The summed E-state index contributed by atoms with van der Waals surface area (Å²) in [7, 11) is 0. The number of carbonyl (C=O) groups excluding carboxylic acids is 3. The molecule has 4 aliphatic rings. The Morgan fingerprint density at radius 3 is 2.59 bits per heavy atom. The molecule has 0 bridgehead atoms. The van der Waals surface area contributed by atoms with Crippen LogP contribution in [0.25, 0.3) is 0 Å². The summed E-state index contributed by atoms with van der Waals surface area (Å²) < 4.78 is 34.1. The van der Waals surface area contributed by atoms with Crippen LogP contribution in [0.4, 0.5) is 20.3 Å². The Hall–Kier alpha value is -4.22. The summed E-state index contributed by atoms with van der Waals surface area (Å²) in [5, 5.41) is 9.23. The number of amides is 3. The number of aromatic nitrogens is 1. The first-order chi connectivity index (χ1) is 21.2. The van der Waals surface area contributed by atoms with Crippen molar-refractivity contribution in [3.8, 4) is 0 Å². The van der Waals surface area contributed by atoms with Gasteiger partial charge in [0.1, 0.15) is 24.0 Å². The summed E-state index contributed by atoms with van der Waals surface area (Å²) >= 11 is 0. The van der Waals surface area contributed by atoms with E-state index in [0.29, 0.717) is 56.9 Å². The zero-order valence-electron chi connectivity index (χ0n) is 24.1. The molecule has 4 heterocycles. The molecule has 11 heteroatoms. The second-order valence-electron chi connectivity index (χ2n) is 12.5. The van der Waals surface area contributed by atoms with Crippen LogP contribution in [0.5, 0.6) is 0 Å². The lowest BCUT2D eigenvalue weighted by molar-refractivity contribution is -0.142. The van der Waals surface area contributed by atoms with Crippen molar-refractivity contribution in [3.63, 3.8) is 0 Å². The van der Waals surface area contributed by atoms with Crippen molar-refractivity contribution in [2.75, 3.05) is 43.5 Å². The van der Waals surface area contributed by atoms with E-state index < -0.39 is 29.0 Å². The molecule has 0 saturated carbocycles. The van der Waals surface area contributed by atoms with Gasteiger partial charge in [0.05, 0.1) is 11.5 Å². The average Bonchev–Trinajstić information content (AvgIpc) is 3.50. The van der Waals surface area contributed by atoms with Crippen LogP contribution in [0.3, 0.4) is 0 Å². The predicted octanol–water partition coefficient (Wildman–Crippen LogP) is 3.65. The molecule has 1 aliphatic carbocycles. The molecule has 2 unspecified atom stereocenters. The second-order valence-corrected chi connectivity index (χ2v) is 12.5. The summed E-state index contributed by atoms with van der Waals surface area (Å²) in [6.45, 7) is 1.63. The number of nitrogens with zero attached hydrogens (tertiary/aromatic N) is 2. The van der Waals surface area contributed by atoms with Gasteiger partial charge in [-0.25, -0.2) is 13.8 Å². The van der Waals surface area contributed by atoms with Crippen molar-refractivity contribution in [1.82, 2.24) is 15.2 Å². The number of ether oxygens (including phenoxy) is 1. The van der Waals surface area contributed by atoms with E-state index in [9.17, 15) is 23.2 Å². The third-order valence-electron chi connectivity index (χ3n) is 9.66. The summed E-state index contributed by atoms with van der Waals surface area (Å²) in [6.07, 6.45) is 4.28. The third kappa shape index (κ3) is 5.13. The summed E-state index contributed by atoms with van der Waals surface area (Å²) in [6, 6.07) is 11.8. The van der Waals surface area contributed by atoms with E-state index in [4.69, 9.17) is 4.74 Å². The fourth-order valence-electron chi connectivity index (χ4n) is 7.36. The smallest absolute Gasteiger partial charge is 0.244 e. The lowest BCUT2D eigenvalue weighted by Gasteiger charge is -2.43. The number of hydrogen-bond acceptors (Lipinski definition) is 6. The molecule has 2 saturated heterocycles. The number of hydrogen-bond donors (Lipinski definition) is 3. The molecule has 3 aromatic rings. The molecule has 44 heavy (non-hydrogen) atoms. The van der Waals surface area contributed by atoms with Crippen LogP contribution in [0.1, 0.15) is 47.6 Å². The highest BCUT2D eigenvalue weighted by molar-refractivity contribution is 6.06. The number of rotatable bonds is 4. The number of benzene rings is 2. The van der Waals surface area contributed by atoms with E-state index in [1.807, 2.05) is 24.3 Å². The van der Waals surface area contributed by atoms with Crippen molar-refractivity contribution >= 4 is 29.2 Å². The van der Waals surface area contributed by atoms with Gasteiger partial charge in [-0.05, 0) is 78.1 Å². The van der Waals surface area contributed by atoms with Gasteiger partial charge in [-0.1, -0.05) is 12.1 Å². The van der Waals surface area contributed by atoms with Crippen LogP contribution in [-0.2, 0) is 37.4 Å². The number of carbonyl (C=O) groups is 3. The van der Waals surface area contributed by atoms with Crippen LogP contribution in [0, 0.1) is 17.0 Å². The maximum absolute atomic E-state index is 14.3. The van der Waals surface area contributed by atoms with Crippen LogP contribution in [-0.4, -0.2) is 60.5 Å². The van der Waals surface area contributed by atoms with Gasteiger partial charge in [0.15, 0.2) is 0 Å². The van der Waals surface area contributed by atoms with Gasteiger partial charge in [0, 0.05) is 56.2 Å². The minimum Gasteiger partial charge on any atom is -0.381 e.